The first-order valence-electron chi connectivity index (χ1n) is 12.1. The SMILES string of the molecule is c1ccc([Si](c2ccccc2)c2ccc(-n3c4ccccc4c4nc5ccccc5nc43)cc2)cc1. The van der Waals surface area contributed by atoms with Gasteiger partial charge in [-0.25, -0.2) is 9.97 Å². The fraction of sp³-hybridized carbons (Fsp3) is 0. The van der Waals surface area contributed by atoms with Crippen LogP contribution in [0.15, 0.2) is 133 Å². The molecule has 0 unspecified atom stereocenters. The summed E-state index contributed by atoms with van der Waals surface area (Å²) in [5.74, 6) is 0. The number of hydrogen-bond acceptors (Lipinski definition) is 2. The summed E-state index contributed by atoms with van der Waals surface area (Å²) in [4.78, 5) is 10.0. The van der Waals surface area contributed by atoms with E-state index in [1.54, 1.807) is 0 Å². The number of rotatable bonds is 4. The molecule has 36 heavy (non-hydrogen) atoms. The summed E-state index contributed by atoms with van der Waals surface area (Å²) in [6, 6.07) is 47.3. The van der Waals surface area contributed by atoms with Gasteiger partial charge in [0, 0.05) is 11.1 Å². The average molecular weight is 477 g/mol. The molecule has 0 atom stereocenters. The van der Waals surface area contributed by atoms with Gasteiger partial charge in [-0.1, -0.05) is 119 Å². The summed E-state index contributed by atoms with van der Waals surface area (Å²) < 4.78 is 2.24. The van der Waals surface area contributed by atoms with Crippen molar-refractivity contribution in [3.05, 3.63) is 133 Å². The molecule has 2 heterocycles. The summed E-state index contributed by atoms with van der Waals surface area (Å²) in [6.45, 7) is 0. The Kier molecular flexibility index (Phi) is 4.96. The number of benzene rings is 5. The number of hydrogen-bond donors (Lipinski definition) is 0. The summed E-state index contributed by atoms with van der Waals surface area (Å²) in [7, 11) is -1.11. The Morgan fingerprint density at radius 1 is 0.472 bits per heavy atom. The Morgan fingerprint density at radius 3 is 1.67 bits per heavy atom. The molecule has 0 aliphatic carbocycles. The normalized spacial score (nSPS) is 11.6. The molecule has 169 valence electrons. The highest BCUT2D eigenvalue weighted by atomic mass is 28.3. The number of para-hydroxylation sites is 3. The van der Waals surface area contributed by atoms with Gasteiger partial charge in [0.15, 0.2) is 14.4 Å². The maximum Gasteiger partial charge on any atom is 0.165 e. The zero-order valence-electron chi connectivity index (χ0n) is 19.5. The summed E-state index contributed by atoms with van der Waals surface area (Å²) >= 11 is 0. The second-order valence-corrected chi connectivity index (χ2v) is 11.4. The van der Waals surface area contributed by atoms with Crippen LogP contribution in [0.25, 0.3) is 38.8 Å². The van der Waals surface area contributed by atoms with Crippen LogP contribution in [-0.4, -0.2) is 23.3 Å². The van der Waals surface area contributed by atoms with Crippen LogP contribution in [0.4, 0.5) is 0 Å². The van der Waals surface area contributed by atoms with E-state index in [4.69, 9.17) is 9.97 Å². The molecule has 0 saturated heterocycles. The maximum absolute atomic E-state index is 5.05. The van der Waals surface area contributed by atoms with Crippen LogP contribution in [0, 0.1) is 0 Å². The van der Waals surface area contributed by atoms with Gasteiger partial charge < -0.3 is 0 Å². The molecule has 0 N–H and O–H groups in total. The van der Waals surface area contributed by atoms with Crippen molar-refractivity contribution in [3.8, 4) is 5.69 Å². The van der Waals surface area contributed by atoms with Crippen LogP contribution in [0.5, 0.6) is 0 Å². The molecule has 0 aliphatic rings. The van der Waals surface area contributed by atoms with Crippen molar-refractivity contribution in [2.75, 3.05) is 0 Å². The van der Waals surface area contributed by atoms with Gasteiger partial charge in [0.05, 0.1) is 16.6 Å². The molecule has 7 rings (SSSR count). The van der Waals surface area contributed by atoms with Crippen LogP contribution in [0.3, 0.4) is 0 Å². The molecular weight excluding hydrogens is 454 g/mol. The third kappa shape index (κ3) is 3.42. The molecule has 0 saturated carbocycles. The highest BCUT2D eigenvalue weighted by molar-refractivity contribution is 6.95. The molecule has 3 nitrogen and oxygen atoms in total. The minimum atomic E-state index is -1.11. The van der Waals surface area contributed by atoms with E-state index in [9.17, 15) is 0 Å². The lowest BCUT2D eigenvalue weighted by Gasteiger charge is -2.17. The first-order valence-corrected chi connectivity index (χ1v) is 13.6. The smallest absolute Gasteiger partial charge is 0.165 e. The topological polar surface area (TPSA) is 30.7 Å². The van der Waals surface area contributed by atoms with Crippen LogP contribution < -0.4 is 15.6 Å². The van der Waals surface area contributed by atoms with E-state index in [-0.39, 0.29) is 0 Å². The zero-order chi connectivity index (χ0) is 23.9. The molecule has 0 spiro atoms. The Bertz CT molecular complexity index is 1790. The van der Waals surface area contributed by atoms with Crippen LogP contribution >= 0.6 is 0 Å². The second-order valence-electron chi connectivity index (χ2n) is 8.89. The van der Waals surface area contributed by atoms with Crippen molar-refractivity contribution < 1.29 is 0 Å². The first-order chi connectivity index (χ1) is 17.9. The predicted molar refractivity (Wildman–Crippen MR) is 151 cm³/mol. The van der Waals surface area contributed by atoms with E-state index in [1.165, 1.54) is 15.6 Å². The van der Waals surface area contributed by atoms with Gasteiger partial charge in [-0.15, -0.1) is 0 Å². The molecule has 5 aromatic carbocycles. The van der Waals surface area contributed by atoms with Gasteiger partial charge in [0.1, 0.15) is 5.52 Å². The van der Waals surface area contributed by atoms with Crippen molar-refractivity contribution >= 4 is 57.5 Å². The Balaban J connectivity index is 1.41. The molecule has 0 bridgehead atoms. The monoisotopic (exact) mass is 476 g/mol. The minimum Gasteiger partial charge on any atom is -0.293 e. The lowest BCUT2D eigenvalue weighted by atomic mass is 10.2. The van der Waals surface area contributed by atoms with Crippen molar-refractivity contribution in [3.63, 3.8) is 0 Å². The molecule has 0 amide bonds. The summed E-state index contributed by atoms with van der Waals surface area (Å²) in [6.07, 6.45) is 0. The van der Waals surface area contributed by atoms with Crippen LogP contribution in [-0.2, 0) is 0 Å². The van der Waals surface area contributed by atoms with Crippen molar-refractivity contribution in [2.45, 2.75) is 0 Å². The molecule has 0 fully saturated rings. The van der Waals surface area contributed by atoms with Crippen LogP contribution in [0.2, 0.25) is 0 Å². The molecule has 4 heteroatoms. The van der Waals surface area contributed by atoms with Gasteiger partial charge >= 0.3 is 0 Å². The summed E-state index contributed by atoms with van der Waals surface area (Å²) in [5, 5.41) is 5.25. The molecule has 0 aliphatic heterocycles. The first kappa shape index (κ1) is 20.8. The lowest BCUT2D eigenvalue weighted by Crippen LogP contribution is -2.51. The Hall–Kier alpha value is -4.54. The third-order valence-electron chi connectivity index (χ3n) is 6.70. The van der Waals surface area contributed by atoms with E-state index < -0.39 is 8.80 Å². The highest BCUT2D eigenvalue weighted by Gasteiger charge is 2.20. The van der Waals surface area contributed by atoms with E-state index in [0.29, 0.717) is 0 Å². The fourth-order valence-electron chi connectivity index (χ4n) is 5.06. The van der Waals surface area contributed by atoms with E-state index >= 15 is 0 Å². The quantitative estimate of drug-likeness (QED) is 0.257. The van der Waals surface area contributed by atoms with E-state index in [0.717, 1.165) is 38.8 Å². The predicted octanol–water partition coefficient (Wildman–Crippen LogP) is 5.24. The van der Waals surface area contributed by atoms with E-state index in [2.05, 4.69) is 114 Å². The molecule has 1 radical (unpaired) electrons. The van der Waals surface area contributed by atoms with Gasteiger partial charge in [-0.2, -0.15) is 0 Å². The Labute approximate surface area is 210 Å². The number of fused-ring (bicyclic) bond motifs is 4. The van der Waals surface area contributed by atoms with E-state index in [1.807, 2.05) is 24.3 Å². The van der Waals surface area contributed by atoms with Crippen LogP contribution in [0.1, 0.15) is 0 Å². The average Bonchev–Trinajstić information content (AvgIpc) is 3.27. The third-order valence-corrected chi connectivity index (χ3v) is 9.44. The summed E-state index contributed by atoms with van der Waals surface area (Å²) in [5.41, 5.74) is 5.86. The Morgan fingerprint density at radius 2 is 1.00 bits per heavy atom. The molecule has 7 aromatic rings. The highest BCUT2D eigenvalue weighted by Crippen LogP contribution is 2.30. The lowest BCUT2D eigenvalue weighted by molar-refractivity contribution is 1.14. The number of nitrogens with zero attached hydrogens (tertiary/aromatic N) is 3. The van der Waals surface area contributed by atoms with Gasteiger partial charge in [-0.05, 0) is 30.3 Å². The fourth-order valence-corrected chi connectivity index (χ4v) is 7.61. The van der Waals surface area contributed by atoms with Crippen molar-refractivity contribution in [2.24, 2.45) is 0 Å². The van der Waals surface area contributed by atoms with Crippen molar-refractivity contribution in [1.29, 1.82) is 0 Å². The molecule has 2 aromatic heterocycles. The maximum atomic E-state index is 5.05. The van der Waals surface area contributed by atoms with Gasteiger partial charge in [0.2, 0.25) is 0 Å². The number of aromatic nitrogens is 3. The van der Waals surface area contributed by atoms with Gasteiger partial charge in [-0.3, -0.25) is 4.57 Å². The second kappa shape index (κ2) is 8.59. The standard InChI is InChI=1S/C32H22N3Si/c1-3-11-24(12-4-1)36(25-13-5-2-6-14-25)26-21-19-23(20-22-26)35-30-18-10-7-15-27(30)31-32(35)34-29-17-9-8-16-28(29)33-31/h1-22H. The van der Waals surface area contributed by atoms with Crippen molar-refractivity contribution in [1.82, 2.24) is 14.5 Å². The largest absolute Gasteiger partial charge is 0.293 e. The minimum absolute atomic E-state index is 0.888. The molecular formula is C32H22N3Si. The van der Waals surface area contributed by atoms with Gasteiger partial charge in [0.25, 0.3) is 0 Å². The zero-order valence-corrected chi connectivity index (χ0v) is 20.5.